The zero-order valence-corrected chi connectivity index (χ0v) is 17.3. The highest BCUT2D eigenvalue weighted by Crippen LogP contribution is 2.56. The fourth-order valence-electron chi connectivity index (χ4n) is 5.75. The second-order valence-electron chi connectivity index (χ2n) is 11.0. The largest absolute Gasteiger partial charge is 0.374 e. The van der Waals surface area contributed by atoms with Crippen LogP contribution in [0.25, 0.3) is 0 Å². The minimum atomic E-state index is 0.362. The summed E-state index contributed by atoms with van der Waals surface area (Å²) in [6, 6.07) is 0. The third kappa shape index (κ3) is 3.30. The van der Waals surface area contributed by atoms with Crippen molar-refractivity contribution >= 4 is 0 Å². The average molecular weight is 337 g/mol. The number of rotatable bonds is 2. The van der Waals surface area contributed by atoms with Gasteiger partial charge in [-0.3, -0.25) is 0 Å². The molecule has 0 radical (unpaired) electrons. The van der Waals surface area contributed by atoms with Crippen LogP contribution in [0.1, 0.15) is 81.1 Å². The van der Waals surface area contributed by atoms with Crippen molar-refractivity contribution in [1.29, 1.82) is 0 Å². The first-order valence-corrected chi connectivity index (χ1v) is 10.3. The Hall–Kier alpha value is -0.0800. The van der Waals surface area contributed by atoms with Gasteiger partial charge in [0.05, 0.1) is 24.4 Å². The summed E-state index contributed by atoms with van der Waals surface area (Å²) >= 11 is 0. The van der Waals surface area contributed by atoms with Gasteiger partial charge in [0, 0.05) is 0 Å². The van der Waals surface area contributed by atoms with Crippen LogP contribution in [0.15, 0.2) is 0 Å². The third-order valence-corrected chi connectivity index (χ3v) is 7.52. The van der Waals surface area contributed by atoms with Gasteiger partial charge in [-0.25, -0.2) is 0 Å². The van der Waals surface area contributed by atoms with Crippen LogP contribution in [0, 0.1) is 34.5 Å². The first kappa shape index (κ1) is 18.7. The topological polar surface area (TPSA) is 18.5 Å². The minimum absolute atomic E-state index is 0.362. The third-order valence-electron chi connectivity index (χ3n) is 7.52. The van der Waals surface area contributed by atoms with Crippen LogP contribution in [0.2, 0.25) is 0 Å². The molecule has 0 aromatic heterocycles. The summed E-state index contributed by atoms with van der Waals surface area (Å²) in [5.41, 5.74) is 0.724. The van der Waals surface area contributed by atoms with Crippen molar-refractivity contribution in [3.8, 4) is 0 Å². The summed E-state index contributed by atoms with van der Waals surface area (Å²) in [5, 5.41) is 0. The molecule has 0 N–H and O–H groups in total. The van der Waals surface area contributed by atoms with Gasteiger partial charge in [-0.2, -0.15) is 0 Å². The Morgan fingerprint density at radius 3 is 1.29 bits per heavy atom. The standard InChI is InChI=1S/C22H40O2/c1-13(2)19-11-21(5,6)15-10-18-16(9-17(15)23-19)22(7,8)12-20(24-18)14(3)4/h13-20H,9-12H2,1-8H3/t15-,16+,17-,18+,19-,20+. The molecule has 0 unspecified atom stereocenters. The van der Waals surface area contributed by atoms with Crippen molar-refractivity contribution < 1.29 is 9.47 Å². The van der Waals surface area contributed by atoms with Crippen molar-refractivity contribution in [2.45, 2.75) is 105 Å². The van der Waals surface area contributed by atoms with E-state index < -0.39 is 0 Å². The molecule has 2 heterocycles. The summed E-state index contributed by atoms with van der Waals surface area (Å²) < 4.78 is 13.3. The summed E-state index contributed by atoms with van der Waals surface area (Å²) in [4.78, 5) is 0. The number of fused-ring (bicyclic) bond motifs is 2. The van der Waals surface area contributed by atoms with E-state index in [0.717, 1.165) is 0 Å². The average Bonchev–Trinajstić information content (AvgIpc) is 2.44. The Morgan fingerprint density at radius 2 is 1.00 bits per heavy atom. The second-order valence-corrected chi connectivity index (χ2v) is 11.0. The van der Waals surface area contributed by atoms with E-state index >= 15 is 0 Å². The molecule has 24 heavy (non-hydrogen) atoms. The molecule has 1 aliphatic carbocycles. The highest BCUT2D eigenvalue weighted by Gasteiger charge is 2.55. The number of ether oxygens (including phenoxy) is 2. The van der Waals surface area contributed by atoms with Crippen LogP contribution in [-0.2, 0) is 9.47 Å². The van der Waals surface area contributed by atoms with Gasteiger partial charge in [-0.05, 0) is 60.2 Å². The molecule has 3 fully saturated rings. The van der Waals surface area contributed by atoms with Gasteiger partial charge in [-0.1, -0.05) is 55.4 Å². The highest BCUT2D eigenvalue weighted by molar-refractivity contribution is 5.03. The Balaban J connectivity index is 1.82. The number of hydrogen-bond donors (Lipinski definition) is 0. The Bertz CT molecular complexity index is 409. The molecule has 0 amide bonds. The second kappa shape index (κ2) is 6.27. The molecule has 140 valence electrons. The molecule has 2 nitrogen and oxygen atoms in total. The van der Waals surface area contributed by atoms with Crippen molar-refractivity contribution in [2.75, 3.05) is 0 Å². The molecule has 0 aromatic carbocycles. The van der Waals surface area contributed by atoms with Crippen molar-refractivity contribution in [2.24, 2.45) is 34.5 Å². The van der Waals surface area contributed by atoms with Gasteiger partial charge in [-0.15, -0.1) is 0 Å². The SMILES string of the molecule is CC(C)[C@@H]1CC(C)(C)[C@H]2C[C@H]3O[C@@H](C(C)C)CC(C)(C)[C@@H]3C[C@@H]2O1. The first-order chi connectivity index (χ1) is 11.0. The lowest BCUT2D eigenvalue weighted by atomic mass is 9.56. The normalized spacial score (nSPS) is 44.2. The lowest BCUT2D eigenvalue weighted by Gasteiger charge is -2.58. The quantitative estimate of drug-likeness (QED) is 0.644. The molecule has 6 atom stereocenters. The van der Waals surface area contributed by atoms with E-state index in [9.17, 15) is 0 Å². The maximum absolute atomic E-state index is 6.65. The maximum atomic E-state index is 6.65. The zero-order valence-electron chi connectivity index (χ0n) is 17.3. The smallest absolute Gasteiger partial charge is 0.0617 e. The molecule has 2 aliphatic heterocycles. The van der Waals surface area contributed by atoms with Gasteiger partial charge < -0.3 is 9.47 Å². The van der Waals surface area contributed by atoms with Gasteiger partial charge >= 0.3 is 0 Å². The van der Waals surface area contributed by atoms with Crippen LogP contribution in [0.4, 0.5) is 0 Å². The fraction of sp³-hybridized carbons (Fsp3) is 1.00. The van der Waals surface area contributed by atoms with Crippen LogP contribution >= 0.6 is 0 Å². The lowest BCUT2D eigenvalue weighted by Crippen LogP contribution is -2.58. The Labute approximate surface area is 150 Å². The molecule has 2 saturated heterocycles. The molecular weight excluding hydrogens is 296 g/mol. The van der Waals surface area contributed by atoms with Gasteiger partial charge in [0.25, 0.3) is 0 Å². The summed E-state index contributed by atoms with van der Waals surface area (Å²) in [7, 11) is 0. The zero-order chi connectivity index (χ0) is 17.9. The van der Waals surface area contributed by atoms with Crippen LogP contribution in [-0.4, -0.2) is 24.4 Å². The van der Waals surface area contributed by atoms with E-state index in [2.05, 4.69) is 55.4 Å². The van der Waals surface area contributed by atoms with Crippen molar-refractivity contribution in [1.82, 2.24) is 0 Å². The first-order valence-electron chi connectivity index (χ1n) is 10.3. The van der Waals surface area contributed by atoms with E-state index in [1.165, 1.54) is 25.7 Å². The predicted molar refractivity (Wildman–Crippen MR) is 100 cm³/mol. The van der Waals surface area contributed by atoms with Gasteiger partial charge in [0.2, 0.25) is 0 Å². The van der Waals surface area contributed by atoms with Crippen molar-refractivity contribution in [3.05, 3.63) is 0 Å². The highest BCUT2D eigenvalue weighted by atomic mass is 16.5. The molecule has 3 aliphatic rings. The summed E-state index contributed by atoms with van der Waals surface area (Å²) in [6.45, 7) is 19.1. The van der Waals surface area contributed by atoms with E-state index in [-0.39, 0.29) is 0 Å². The summed E-state index contributed by atoms with van der Waals surface area (Å²) in [5.74, 6) is 2.53. The van der Waals surface area contributed by atoms with E-state index in [0.29, 0.717) is 58.9 Å². The van der Waals surface area contributed by atoms with Crippen molar-refractivity contribution in [3.63, 3.8) is 0 Å². The van der Waals surface area contributed by atoms with Crippen LogP contribution in [0.5, 0.6) is 0 Å². The maximum Gasteiger partial charge on any atom is 0.0617 e. The minimum Gasteiger partial charge on any atom is -0.374 e. The monoisotopic (exact) mass is 336 g/mol. The fourth-order valence-corrected chi connectivity index (χ4v) is 5.75. The Morgan fingerprint density at radius 1 is 0.667 bits per heavy atom. The molecule has 0 aromatic rings. The van der Waals surface area contributed by atoms with Gasteiger partial charge in [0.15, 0.2) is 0 Å². The van der Waals surface area contributed by atoms with E-state index in [1.54, 1.807) is 0 Å². The molecule has 2 heteroatoms. The molecule has 0 spiro atoms. The number of hydrogen-bond acceptors (Lipinski definition) is 2. The summed E-state index contributed by atoms with van der Waals surface area (Å²) in [6.07, 6.45) is 6.49. The van der Waals surface area contributed by atoms with E-state index in [1.807, 2.05) is 0 Å². The molecule has 1 saturated carbocycles. The molecule has 0 bridgehead atoms. The van der Waals surface area contributed by atoms with Gasteiger partial charge in [0.1, 0.15) is 0 Å². The van der Waals surface area contributed by atoms with Crippen LogP contribution in [0.3, 0.4) is 0 Å². The lowest BCUT2D eigenvalue weighted by molar-refractivity contribution is -0.237. The molecule has 3 rings (SSSR count). The Kier molecular flexibility index (Phi) is 4.88. The molecular formula is C22H40O2. The predicted octanol–water partition coefficient (Wildman–Crippen LogP) is 5.69. The van der Waals surface area contributed by atoms with Crippen LogP contribution < -0.4 is 0 Å². The van der Waals surface area contributed by atoms with E-state index in [4.69, 9.17) is 9.47 Å².